The molecule has 156 valence electrons. The Labute approximate surface area is 173 Å². The van der Waals surface area contributed by atoms with E-state index in [2.05, 4.69) is 20.8 Å². The van der Waals surface area contributed by atoms with Gasteiger partial charge in [0.05, 0.1) is 19.3 Å². The highest BCUT2D eigenvalue weighted by atomic mass is 16.5. The van der Waals surface area contributed by atoms with Gasteiger partial charge in [0, 0.05) is 18.7 Å². The minimum absolute atomic E-state index is 0.158. The molecule has 1 aromatic heterocycles. The molecular weight excluding hydrogens is 388 g/mol. The molecule has 0 aliphatic heterocycles. The first-order valence-electron chi connectivity index (χ1n) is 9.38. The van der Waals surface area contributed by atoms with Crippen molar-refractivity contribution in [2.75, 3.05) is 26.8 Å². The third-order valence-electron chi connectivity index (χ3n) is 4.10. The maximum atomic E-state index is 12.3. The van der Waals surface area contributed by atoms with Gasteiger partial charge in [0.2, 0.25) is 5.82 Å². The molecule has 0 saturated heterocycles. The van der Waals surface area contributed by atoms with Crippen molar-refractivity contribution >= 4 is 11.8 Å². The molecule has 0 aliphatic carbocycles. The average molecular weight is 410 g/mol. The summed E-state index contributed by atoms with van der Waals surface area (Å²) in [4.78, 5) is 28.6. The van der Waals surface area contributed by atoms with E-state index < -0.39 is 5.91 Å². The van der Waals surface area contributed by atoms with Gasteiger partial charge in [0.25, 0.3) is 5.91 Å². The van der Waals surface area contributed by atoms with Gasteiger partial charge in [0.15, 0.2) is 0 Å². The molecule has 0 radical (unpaired) electrons. The first-order chi connectivity index (χ1) is 14.6. The van der Waals surface area contributed by atoms with Crippen LogP contribution in [-0.2, 0) is 0 Å². The van der Waals surface area contributed by atoms with Crippen LogP contribution < -0.4 is 20.1 Å². The molecule has 0 bridgehead atoms. The molecule has 1 heterocycles. The van der Waals surface area contributed by atoms with E-state index in [1.54, 1.807) is 55.6 Å². The van der Waals surface area contributed by atoms with Crippen LogP contribution in [0.1, 0.15) is 28.0 Å². The molecule has 9 nitrogen and oxygen atoms in total. The maximum absolute atomic E-state index is 12.3. The number of hydrogen-bond acceptors (Lipinski definition) is 7. The fraction of sp³-hybridized carbons (Fsp3) is 0.238. The summed E-state index contributed by atoms with van der Waals surface area (Å²) in [6, 6.07) is 14.0. The minimum atomic E-state index is -0.522. The number of para-hydroxylation sites is 1. The van der Waals surface area contributed by atoms with Gasteiger partial charge < -0.3 is 24.6 Å². The normalized spacial score (nSPS) is 10.3. The Morgan fingerprint density at radius 3 is 2.40 bits per heavy atom. The standard InChI is InChI=1S/C21H22N4O5/c1-3-29-17-7-5-4-6-16(17)19(26)22-12-13-23-20(27)21-24-18(25-30-21)14-8-10-15(28-2)11-9-14/h4-11H,3,12-13H2,1-2H3,(H,22,26)(H,23,27). The second-order valence-electron chi connectivity index (χ2n) is 6.09. The van der Waals surface area contributed by atoms with Crippen molar-refractivity contribution in [2.45, 2.75) is 6.92 Å². The van der Waals surface area contributed by atoms with Crippen LogP contribution in [0, 0.1) is 0 Å². The van der Waals surface area contributed by atoms with Gasteiger partial charge in [-0.15, -0.1) is 0 Å². The number of nitrogens with one attached hydrogen (secondary N) is 2. The van der Waals surface area contributed by atoms with Gasteiger partial charge in [-0.3, -0.25) is 9.59 Å². The molecule has 9 heteroatoms. The number of ether oxygens (including phenoxy) is 2. The second-order valence-corrected chi connectivity index (χ2v) is 6.09. The summed E-state index contributed by atoms with van der Waals surface area (Å²) >= 11 is 0. The molecule has 3 rings (SSSR count). The monoisotopic (exact) mass is 410 g/mol. The third kappa shape index (κ3) is 5.13. The van der Waals surface area contributed by atoms with Crippen LogP contribution >= 0.6 is 0 Å². The lowest BCUT2D eigenvalue weighted by Crippen LogP contribution is -2.35. The van der Waals surface area contributed by atoms with Crippen LogP contribution in [0.3, 0.4) is 0 Å². The number of methoxy groups -OCH3 is 1. The number of rotatable bonds is 9. The molecule has 0 fully saturated rings. The van der Waals surface area contributed by atoms with Gasteiger partial charge in [-0.25, -0.2) is 0 Å². The zero-order valence-electron chi connectivity index (χ0n) is 16.7. The highest BCUT2D eigenvalue weighted by molar-refractivity contribution is 5.97. The summed E-state index contributed by atoms with van der Waals surface area (Å²) in [5, 5.41) is 9.18. The van der Waals surface area contributed by atoms with E-state index in [1.807, 2.05) is 6.92 Å². The molecule has 0 saturated carbocycles. The quantitative estimate of drug-likeness (QED) is 0.520. The highest BCUT2D eigenvalue weighted by Crippen LogP contribution is 2.20. The average Bonchev–Trinajstić information content (AvgIpc) is 3.27. The molecule has 30 heavy (non-hydrogen) atoms. The summed E-state index contributed by atoms with van der Waals surface area (Å²) in [5.74, 6) is 0.543. The zero-order chi connectivity index (χ0) is 21.3. The second kappa shape index (κ2) is 10.1. The number of benzene rings is 2. The van der Waals surface area contributed by atoms with Crippen molar-refractivity contribution in [1.82, 2.24) is 20.8 Å². The van der Waals surface area contributed by atoms with Gasteiger partial charge in [-0.1, -0.05) is 17.3 Å². The van der Waals surface area contributed by atoms with Crippen molar-refractivity contribution in [1.29, 1.82) is 0 Å². The molecule has 2 amide bonds. The molecule has 3 aromatic rings. The smallest absolute Gasteiger partial charge is 0.316 e. The predicted molar refractivity (Wildman–Crippen MR) is 109 cm³/mol. The molecule has 0 aliphatic rings. The lowest BCUT2D eigenvalue weighted by atomic mass is 10.2. The fourth-order valence-corrected chi connectivity index (χ4v) is 2.63. The first-order valence-corrected chi connectivity index (χ1v) is 9.38. The lowest BCUT2D eigenvalue weighted by Gasteiger charge is -2.10. The highest BCUT2D eigenvalue weighted by Gasteiger charge is 2.16. The SMILES string of the molecule is CCOc1ccccc1C(=O)NCCNC(=O)c1nc(-c2ccc(OC)cc2)no1. The summed E-state index contributed by atoms with van der Waals surface area (Å²) in [5.41, 5.74) is 1.13. The Kier molecular flexibility index (Phi) is 6.99. The number of carbonyl (C=O) groups is 2. The Bertz CT molecular complexity index is 1000. The van der Waals surface area contributed by atoms with Crippen molar-refractivity contribution in [3.05, 3.63) is 60.0 Å². The van der Waals surface area contributed by atoms with E-state index in [0.29, 0.717) is 35.1 Å². The van der Waals surface area contributed by atoms with E-state index in [1.165, 1.54) is 0 Å². The zero-order valence-corrected chi connectivity index (χ0v) is 16.7. The van der Waals surface area contributed by atoms with Crippen LogP contribution in [0.5, 0.6) is 11.5 Å². The molecule has 2 N–H and O–H groups in total. The van der Waals surface area contributed by atoms with E-state index >= 15 is 0 Å². The summed E-state index contributed by atoms with van der Waals surface area (Å²) < 4.78 is 15.6. The number of aromatic nitrogens is 2. The Morgan fingerprint density at radius 2 is 1.70 bits per heavy atom. The van der Waals surface area contributed by atoms with Crippen LogP contribution in [-0.4, -0.2) is 48.8 Å². The van der Waals surface area contributed by atoms with E-state index in [4.69, 9.17) is 14.0 Å². The van der Waals surface area contributed by atoms with Crippen molar-refractivity contribution in [3.63, 3.8) is 0 Å². The van der Waals surface area contributed by atoms with Gasteiger partial charge in [-0.05, 0) is 43.3 Å². The predicted octanol–water partition coefficient (Wildman–Crippen LogP) is 2.30. The summed E-state index contributed by atoms with van der Waals surface area (Å²) in [6.45, 7) is 2.73. The fourth-order valence-electron chi connectivity index (χ4n) is 2.63. The molecule has 0 atom stereocenters. The van der Waals surface area contributed by atoms with Crippen LogP contribution in [0.4, 0.5) is 0 Å². The van der Waals surface area contributed by atoms with Gasteiger partial charge in [0.1, 0.15) is 11.5 Å². The minimum Gasteiger partial charge on any atom is -0.497 e. The Hall–Kier alpha value is -3.88. The van der Waals surface area contributed by atoms with Gasteiger partial charge >= 0.3 is 11.8 Å². The van der Waals surface area contributed by atoms with Gasteiger partial charge in [-0.2, -0.15) is 4.98 Å². The molecular formula is C21H22N4O5. The Balaban J connectivity index is 1.49. The number of nitrogens with zero attached hydrogens (tertiary/aromatic N) is 2. The van der Waals surface area contributed by atoms with Crippen molar-refractivity contribution in [3.8, 4) is 22.9 Å². The molecule has 2 aromatic carbocycles. The lowest BCUT2D eigenvalue weighted by molar-refractivity contribution is 0.0897. The van der Waals surface area contributed by atoms with Crippen molar-refractivity contribution in [2.24, 2.45) is 0 Å². The van der Waals surface area contributed by atoms with Crippen LogP contribution in [0.15, 0.2) is 53.1 Å². The number of amides is 2. The third-order valence-corrected chi connectivity index (χ3v) is 4.10. The summed E-state index contributed by atoms with van der Waals surface area (Å²) in [7, 11) is 1.58. The first kappa shape index (κ1) is 20.8. The largest absolute Gasteiger partial charge is 0.497 e. The van der Waals surface area contributed by atoms with Crippen LogP contribution in [0.25, 0.3) is 11.4 Å². The summed E-state index contributed by atoms with van der Waals surface area (Å²) in [6.07, 6.45) is 0. The van der Waals surface area contributed by atoms with Crippen molar-refractivity contribution < 1.29 is 23.6 Å². The molecule has 0 unspecified atom stereocenters. The number of carbonyl (C=O) groups excluding carboxylic acids is 2. The molecule has 0 spiro atoms. The topological polar surface area (TPSA) is 116 Å². The van der Waals surface area contributed by atoms with Crippen LogP contribution in [0.2, 0.25) is 0 Å². The maximum Gasteiger partial charge on any atom is 0.316 e. The Morgan fingerprint density at radius 1 is 1.00 bits per heavy atom. The van der Waals surface area contributed by atoms with E-state index in [0.717, 1.165) is 0 Å². The number of hydrogen-bond donors (Lipinski definition) is 2. The van der Waals surface area contributed by atoms with E-state index in [-0.39, 0.29) is 24.9 Å². The van der Waals surface area contributed by atoms with E-state index in [9.17, 15) is 9.59 Å².